The van der Waals surface area contributed by atoms with Crippen LogP contribution in [-0.4, -0.2) is 59.5 Å². The lowest BCUT2D eigenvalue weighted by atomic mass is 10.1. The number of carboxylic acids is 1. The predicted molar refractivity (Wildman–Crippen MR) is 109 cm³/mol. The Morgan fingerprint density at radius 1 is 1.14 bits per heavy atom. The summed E-state index contributed by atoms with van der Waals surface area (Å²) in [5.74, 6) is -1.04. The number of aliphatic imine (C=N–C) groups is 1. The Balaban J connectivity index is 2.43. The lowest BCUT2D eigenvalue weighted by Crippen LogP contribution is -2.47. The number of nitrogens with zero attached hydrogens (tertiary/aromatic N) is 2. The molecule has 1 atom stereocenters. The van der Waals surface area contributed by atoms with Crippen LogP contribution in [0.15, 0.2) is 29.4 Å². The molecule has 0 bridgehead atoms. The normalized spacial score (nSPS) is 11.2. The molecule has 11 heteroatoms. The topological polar surface area (TPSA) is 185 Å². The molecule has 0 aliphatic rings. The lowest BCUT2D eigenvalue weighted by molar-refractivity contribution is -0.137. The molecular formula is C18H29N7O4. The number of pyridine rings is 1. The fraction of sp³-hybridized carbons (Fsp3) is 0.500. The van der Waals surface area contributed by atoms with Gasteiger partial charge in [0.15, 0.2) is 5.96 Å². The number of aliphatic carboxylic acids is 1. The van der Waals surface area contributed by atoms with Crippen LogP contribution in [0.2, 0.25) is 0 Å². The maximum Gasteiger partial charge on any atom is 0.305 e. The van der Waals surface area contributed by atoms with Crippen molar-refractivity contribution in [2.45, 2.75) is 38.1 Å². The molecule has 8 N–H and O–H groups in total. The Kier molecular flexibility index (Phi) is 11.2. The van der Waals surface area contributed by atoms with Gasteiger partial charge in [-0.3, -0.25) is 19.4 Å². The number of rotatable bonds is 14. The third kappa shape index (κ3) is 11.8. The largest absolute Gasteiger partial charge is 0.481 e. The summed E-state index contributed by atoms with van der Waals surface area (Å²) in [6, 6.07) is 4.72. The van der Waals surface area contributed by atoms with Gasteiger partial charge < -0.3 is 32.5 Å². The van der Waals surface area contributed by atoms with E-state index in [9.17, 15) is 14.4 Å². The van der Waals surface area contributed by atoms with Gasteiger partial charge in [-0.1, -0.05) is 6.07 Å². The molecule has 0 unspecified atom stereocenters. The van der Waals surface area contributed by atoms with Crippen molar-refractivity contribution in [2.75, 3.05) is 25.0 Å². The van der Waals surface area contributed by atoms with Gasteiger partial charge >= 0.3 is 5.97 Å². The molecule has 0 aliphatic heterocycles. The van der Waals surface area contributed by atoms with Gasteiger partial charge in [0, 0.05) is 32.3 Å². The summed E-state index contributed by atoms with van der Waals surface area (Å²) in [5.41, 5.74) is 10.5. The molecule has 0 aliphatic carbocycles. The monoisotopic (exact) mass is 407 g/mol. The summed E-state index contributed by atoms with van der Waals surface area (Å²) in [6.45, 7) is 0.873. The summed E-state index contributed by atoms with van der Waals surface area (Å²) < 4.78 is 0. The Morgan fingerprint density at radius 3 is 2.59 bits per heavy atom. The maximum absolute atomic E-state index is 12.3. The summed E-state index contributed by atoms with van der Waals surface area (Å²) in [7, 11) is 0. The SMILES string of the molecule is NC(N)=NCCC[C@@H](NC(=O)CCCNc1ccccn1)C(=O)NCCC(=O)O. The summed E-state index contributed by atoms with van der Waals surface area (Å²) in [4.78, 5) is 43.0. The Labute approximate surface area is 169 Å². The Hall–Kier alpha value is -3.37. The van der Waals surface area contributed by atoms with Gasteiger partial charge in [-0.25, -0.2) is 4.98 Å². The minimum Gasteiger partial charge on any atom is -0.481 e. The second kappa shape index (κ2) is 13.7. The first-order chi connectivity index (χ1) is 13.9. The minimum absolute atomic E-state index is 0.0115. The average Bonchev–Trinajstić information content (AvgIpc) is 2.68. The Bertz CT molecular complexity index is 678. The number of carbonyl (C=O) groups is 3. The number of nitrogens with one attached hydrogen (secondary N) is 3. The van der Waals surface area contributed by atoms with E-state index in [0.717, 1.165) is 5.82 Å². The fourth-order valence-corrected chi connectivity index (χ4v) is 2.39. The van der Waals surface area contributed by atoms with Crippen LogP contribution in [0.1, 0.15) is 32.1 Å². The van der Waals surface area contributed by atoms with E-state index in [1.54, 1.807) is 6.20 Å². The first-order valence-corrected chi connectivity index (χ1v) is 9.37. The van der Waals surface area contributed by atoms with E-state index in [-0.39, 0.29) is 31.3 Å². The third-order valence-corrected chi connectivity index (χ3v) is 3.79. The molecule has 29 heavy (non-hydrogen) atoms. The number of amides is 2. The predicted octanol–water partition coefficient (Wildman–Crippen LogP) is -0.597. The van der Waals surface area contributed by atoms with E-state index in [0.29, 0.717) is 32.4 Å². The highest BCUT2D eigenvalue weighted by molar-refractivity contribution is 5.87. The fourth-order valence-electron chi connectivity index (χ4n) is 2.39. The number of carbonyl (C=O) groups excluding carboxylic acids is 2. The second-order valence-electron chi connectivity index (χ2n) is 6.25. The van der Waals surface area contributed by atoms with Crippen LogP contribution in [0.4, 0.5) is 5.82 Å². The van der Waals surface area contributed by atoms with E-state index in [1.807, 2.05) is 18.2 Å². The van der Waals surface area contributed by atoms with Crippen molar-refractivity contribution in [2.24, 2.45) is 16.5 Å². The quantitative estimate of drug-likeness (QED) is 0.134. The van der Waals surface area contributed by atoms with Crippen LogP contribution in [0.3, 0.4) is 0 Å². The molecule has 1 aromatic heterocycles. The molecule has 0 saturated heterocycles. The molecule has 1 heterocycles. The summed E-state index contributed by atoms with van der Waals surface area (Å²) >= 11 is 0. The van der Waals surface area contributed by atoms with Gasteiger partial charge in [-0.15, -0.1) is 0 Å². The lowest BCUT2D eigenvalue weighted by Gasteiger charge is -2.18. The van der Waals surface area contributed by atoms with E-state index in [1.165, 1.54) is 0 Å². The van der Waals surface area contributed by atoms with Crippen molar-refractivity contribution in [1.82, 2.24) is 15.6 Å². The van der Waals surface area contributed by atoms with Gasteiger partial charge in [0.1, 0.15) is 11.9 Å². The highest BCUT2D eigenvalue weighted by Crippen LogP contribution is 2.03. The zero-order valence-electron chi connectivity index (χ0n) is 16.3. The third-order valence-electron chi connectivity index (χ3n) is 3.79. The first kappa shape index (κ1) is 23.7. The first-order valence-electron chi connectivity index (χ1n) is 9.37. The van der Waals surface area contributed by atoms with E-state index in [2.05, 4.69) is 25.9 Å². The zero-order valence-corrected chi connectivity index (χ0v) is 16.3. The maximum atomic E-state index is 12.3. The molecule has 160 valence electrons. The van der Waals surface area contributed by atoms with Crippen molar-refractivity contribution < 1.29 is 19.5 Å². The zero-order chi connectivity index (χ0) is 21.5. The van der Waals surface area contributed by atoms with Crippen LogP contribution >= 0.6 is 0 Å². The number of hydrogen-bond acceptors (Lipinski definition) is 6. The highest BCUT2D eigenvalue weighted by atomic mass is 16.4. The standard InChI is InChI=1S/C18H29N7O4/c19-18(20)24-11-3-5-13(17(29)23-12-8-16(27)28)25-15(26)7-4-10-22-14-6-1-2-9-21-14/h1-2,6,9,13H,3-5,7-8,10-12H2,(H,21,22)(H,23,29)(H,25,26)(H,27,28)(H4,19,20,24)/t13-/m1/s1. The van der Waals surface area contributed by atoms with Gasteiger partial charge in [-0.05, 0) is 31.4 Å². The smallest absolute Gasteiger partial charge is 0.305 e. The van der Waals surface area contributed by atoms with Crippen LogP contribution in [0.5, 0.6) is 0 Å². The minimum atomic E-state index is -1.01. The highest BCUT2D eigenvalue weighted by Gasteiger charge is 2.20. The molecule has 0 radical (unpaired) electrons. The molecule has 1 rings (SSSR count). The molecular weight excluding hydrogens is 378 g/mol. The molecule has 0 fully saturated rings. The Morgan fingerprint density at radius 2 is 1.93 bits per heavy atom. The average molecular weight is 407 g/mol. The van der Waals surface area contributed by atoms with Crippen molar-refractivity contribution in [1.29, 1.82) is 0 Å². The van der Waals surface area contributed by atoms with E-state index >= 15 is 0 Å². The molecule has 2 amide bonds. The van der Waals surface area contributed by atoms with Crippen molar-refractivity contribution in [3.63, 3.8) is 0 Å². The summed E-state index contributed by atoms with van der Waals surface area (Å²) in [5, 5.41) is 17.0. The van der Waals surface area contributed by atoms with Crippen LogP contribution in [0.25, 0.3) is 0 Å². The van der Waals surface area contributed by atoms with Crippen molar-refractivity contribution >= 4 is 29.6 Å². The van der Waals surface area contributed by atoms with Crippen molar-refractivity contribution in [3.05, 3.63) is 24.4 Å². The molecule has 0 aromatic carbocycles. The number of carboxylic acid groups (broad SMARTS) is 1. The molecule has 1 aromatic rings. The number of anilines is 1. The van der Waals surface area contributed by atoms with Gasteiger partial charge in [-0.2, -0.15) is 0 Å². The van der Waals surface area contributed by atoms with Crippen LogP contribution in [0, 0.1) is 0 Å². The molecule has 11 nitrogen and oxygen atoms in total. The van der Waals surface area contributed by atoms with E-state index < -0.39 is 17.9 Å². The number of nitrogens with two attached hydrogens (primary N) is 2. The van der Waals surface area contributed by atoms with E-state index in [4.69, 9.17) is 16.6 Å². The van der Waals surface area contributed by atoms with Crippen LogP contribution in [-0.2, 0) is 14.4 Å². The molecule has 0 saturated carbocycles. The molecule has 0 spiro atoms. The number of aromatic nitrogens is 1. The van der Waals surface area contributed by atoms with Gasteiger partial charge in [0.05, 0.1) is 6.42 Å². The second-order valence-corrected chi connectivity index (χ2v) is 6.25. The van der Waals surface area contributed by atoms with Gasteiger partial charge in [0.2, 0.25) is 11.8 Å². The van der Waals surface area contributed by atoms with Crippen LogP contribution < -0.4 is 27.4 Å². The van der Waals surface area contributed by atoms with Gasteiger partial charge in [0.25, 0.3) is 0 Å². The number of guanidine groups is 1. The van der Waals surface area contributed by atoms with Crippen molar-refractivity contribution in [3.8, 4) is 0 Å². The summed E-state index contributed by atoms with van der Waals surface area (Å²) in [6.07, 6.45) is 3.07. The number of hydrogen-bond donors (Lipinski definition) is 6.